The van der Waals surface area contributed by atoms with E-state index < -0.39 is 0 Å². The van der Waals surface area contributed by atoms with Crippen LogP contribution in [-0.2, 0) is 16.1 Å². The fourth-order valence-corrected chi connectivity index (χ4v) is 3.08. The van der Waals surface area contributed by atoms with Crippen molar-refractivity contribution in [2.24, 2.45) is 5.92 Å². The molecule has 1 heterocycles. The molecule has 0 spiro atoms. The number of aromatic nitrogens is 3. The summed E-state index contributed by atoms with van der Waals surface area (Å²) in [5.74, 6) is 0.390. The second-order valence-corrected chi connectivity index (χ2v) is 7.45. The molecule has 2 N–H and O–H groups in total. The van der Waals surface area contributed by atoms with Gasteiger partial charge in [0.05, 0.1) is 36.6 Å². The van der Waals surface area contributed by atoms with Crippen LogP contribution in [0.1, 0.15) is 34.1 Å². The summed E-state index contributed by atoms with van der Waals surface area (Å²) >= 11 is 0. The molecule has 3 rings (SSSR count). The number of amides is 2. The predicted molar refractivity (Wildman–Crippen MR) is 123 cm³/mol. The van der Waals surface area contributed by atoms with Crippen molar-refractivity contribution in [1.82, 2.24) is 15.0 Å². The van der Waals surface area contributed by atoms with Crippen LogP contribution in [0.5, 0.6) is 11.5 Å². The average Bonchev–Trinajstić information content (AvgIpc) is 3.18. The van der Waals surface area contributed by atoms with E-state index in [1.165, 1.54) is 0 Å². The van der Waals surface area contributed by atoms with E-state index in [1.807, 2.05) is 52.0 Å². The third kappa shape index (κ3) is 5.54. The summed E-state index contributed by atoms with van der Waals surface area (Å²) in [6.45, 7) is 8.52. The highest BCUT2D eigenvalue weighted by Gasteiger charge is 2.17. The van der Waals surface area contributed by atoms with Gasteiger partial charge in [0.15, 0.2) is 0 Å². The van der Waals surface area contributed by atoms with Gasteiger partial charge in [-0.3, -0.25) is 9.59 Å². The number of rotatable bonds is 10. The zero-order valence-electron chi connectivity index (χ0n) is 18.8. The Morgan fingerprint density at radius 1 is 1.00 bits per heavy atom. The van der Waals surface area contributed by atoms with Crippen LogP contribution >= 0.6 is 0 Å². The minimum atomic E-state index is -0.202. The van der Waals surface area contributed by atoms with Gasteiger partial charge in [0.1, 0.15) is 17.0 Å². The molecule has 0 aliphatic rings. The van der Waals surface area contributed by atoms with Gasteiger partial charge in [-0.1, -0.05) is 31.2 Å². The number of para-hydroxylation sites is 1. The van der Waals surface area contributed by atoms with Crippen molar-refractivity contribution in [2.45, 2.75) is 40.7 Å². The predicted octanol–water partition coefficient (Wildman–Crippen LogP) is 3.85. The number of hydrogen-bond donors (Lipinski definition) is 2. The molecule has 2 amide bonds. The van der Waals surface area contributed by atoms with Crippen LogP contribution in [0.2, 0.25) is 0 Å². The van der Waals surface area contributed by atoms with Gasteiger partial charge in [-0.15, -0.1) is 5.10 Å². The molecule has 9 heteroatoms. The van der Waals surface area contributed by atoms with Crippen LogP contribution in [0, 0.1) is 5.92 Å². The standard InChI is InChI=1S/C23H29N5O4/c1-5-31-20-14-18(25-23(30)15(3)4)21(32-6-2)13-17(20)24-22(29)11-12-28-19-10-8-7-9-16(19)26-27-28/h7-10,13-15H,5-6,11-12H2,1-4H3,(H,24,29)(H,25,30). The van der Waals surface area contributed by atoms with Crippen molar-refractivity contribution < 1.29 is 19.1 Å². The van der Waals surface area contributed by atoms with Crippen molar-refractivity contribution in [3.8, 4) is 11.5 Å². The van der Waals surface area contributed by atoms with E-state index >= 15 is 0 Å². The Kier molecular flexibility index (Phi) is 7.64. The molecule has 0 fully saturated rings. The van der Waals surface area contributed by atoms with Crippen molar-refractivity contribution in [1.29, 1.82) is 0 Å². The zero-order chi connectivity index (χ0) is 23.1. The molecule has 170 valence electrons. The Morgan fingerprint density at radius 3 is 2.25 bits per heavy atom. The first kappa shape index (κ1) is 23.1. The molecule has 0 atom stereocenters. The first-order valence-corrected chi connectivity index (χ1v) is 10.8. The molecule has 0 saturated heterocycles. The lowest BCUT2D eigenvalue weighted by molar-refractivity contribution is -0.119. The smallest absolute Gasteiger partial charge is 0.227 e. The highest BCUT2D eigenvalue weighted by Crippen LogP contribution is 2.37. The van der Waals surface area contributed by atoms with Crippen LogP contribution in [0.15, 0.2) is 36.4 Å². The largest absolute Gasteiger partial charge is 0.492 e. The molecule has 3 aromatic rings. The summed E-state index contributed by atoms with van der Waals surface area (Å²) in [6, 6.07) is 10.9. The van der Waals surface area contributed by atoms with E-state index in [1.54, 1.807) is 16.8 Å². The topological polar surface area (TPSA) is 107 Å². The van der Waals surface area contributed by atoms with Gasteiger partial charge in [0, 0.05) is 24.5 Å². The zero-order valence-corrected chi connectivity index (χ0v) is 18.8. The van der Waals surface area contributed by atoms with E-state index in [2.05, 4.69) is 20.9 Å². The Bertz CT molecular complexity index is 1090. The average molecular weight is 440 g/mol. The number of hydrogen-bond acceptors (Lipinski definition) is 6. The first-order valence-electron chi connectivity index (χ1n) is 10.8. The molecule has 0 radical (unpaired) electrons. The number of aryl methyl sites for hydroxylation is 1. The number of carbonyl (C=O) groups excluding carboxylic acids is 2. The summed E-state index contributed by atoms with van der Waals surface area (Å²) in [4.78, 5) is 24.9. The lowest BCUT2D eigenvalue weighted by Gasteiger charge is -2.18. The summed E-state index contributed by atoms with van der Waals surface area (Å²) in [6.07, 6.45) is 0.203. The van der Waals surface area contributed by atoms with Gasteiger partial charge < -0.3 is 20.1 Å². The molecule has 1 aromatic heterocycles. The maximum absolute atomic E-state index is 12.7. The van der Waals surface area contributed by atoms with Gasteiger partial charge in [0.25, 0.3) is 0 Å². The number of ether oxygens (including phenoxy) is 2. The fourth-order valence-electron chi connectivity index (χ4n) is 3.08. The van der Waals surface area contributed by atoms with Gasteiger partial charge >= 0.3 is 0 Å². The van der Waals surface area contributed by atoms with Gasteiger partial charge in [-0.05, 0) is 26.0 Å². The monoisotopic (exact) mass is 439 g/mol. The molecule has 0 aliphatic carbocycles. The van der Waals surface area contributed by atoms with Crippen LogP contribution in [0.3, 0.4) is 0 Å². The number of nitrogens with zero attached hydrogens (tertiary/aromatic N) is 3. The molecule has 0 bridgehead atoms. The lowest BCUT2D eigenvalue weighted by atomic mass is 10.1. The van der Waals surface area contributed by atoms with Crippen molar-refractivity contribution in [2.75, 3.05) is 23.8 Å². The van der Waals surface area contributed by atoms with E-state index in [0.29, 0.717) is 42.6 Å². The SMILES string of the molecule is CCOc1cc(NC(=O)C(C)C)c(OCC)cc1NC(=O)CCn1nnc2ccccc21. The maximum atomic E-state index is 12.7. The third-order valence-electron chi connectivity index (χ3n) is 4.71. The first-order chi connectivity index (χ1) is 15.4. The minimum absolute atomic E-state index is 0.134. The quantitative estimate of drug-likeness (QED) is 0.497. The van der Waals surface area contributed by atoms with E-state index in [-0.39, 0.29) is 24.2 Å². The van der Waals surface area contributed by atoms with Crippen LogP contribution in [0.4, 0.5) is 11.4 Å². The van der Waals surface area contributed by atoms with Crippen LogP contribution in [-0.4, -0.2) is 40.0 Å². The molecule has 0 unspecified atom stereocenters. The number of carbonyl (C=O) groups is 2. The van der Waals surface area contributed by atoms with Gasteiger partial charge in [-0.2, -0.15) is 0 Å². The second kappa shape index (κ2) is 10.6. The number of fused-ring (bicyclic) bond motifs is 1. The molecule has 2 aromatic carbocycles. The van der Waals surface area contributed by atoms with Crippen LogP contribution < -0.4 is 20.1 Å². The van der Waals surface area contributed by atoms with Crippen molar-refractivity contribution in [3.05, 3.63) is 36.4 Å². The summed E-state index contributed by atoms with van der Waals surface area (Å²) < 4.78 is 13.1. The molecular formula is C23H29N5O4. The van der Waals surface area contributed by atoms with Gasteiger partial charge in [-0.25, -0.2) is 4.68 Å². The molecule has 32 heavy (non-hydrogen) atoms. The third-order valence-corrected chi connectivity index (χ3v) is 4.71. The number of anilines is 2. The Hall–Kier alpha value is -3.62. The van der Waals surface area contributed by atoms with Crippen molar-refractivity contribution >= 4 is 34.2 Å². The normalized spacial score (nSPS) is 10.9. The van der Waals surface area contributed by atoms with E-state index in [0.717, 1.165) is 11.0 Å². The minimum Gasteiger partial charge on any atom is -0.492 e. The Morgan fingerprint density at radius 2 is 1.62 bits per heavy atom. The fraction of sp³-hybridized carbons (Fsp3) is 0.391. The van der Waals surface area contributed by atoms with Crippen LogP contribution in [0.25, 0.3) is 11.0 Å². The highest BCUT2D eigenvalue weighted by atomic mass is 16.5. The summed E-state index contributed by atoms with van der Waals surface area (Å²) in [5.41, 5.74) is 2.64. The Balaban J connectivity index is 1.77. The lowest BCUT2D eigenvalue weighted by Crippen LogP contribution is -2.19. The molecular weight excluding hydrogens is 410 g/mol. The summed E-state index contributed by atoms with van der Waals surface area (Å²) in [5, 5.41) is 14.0. The van der Waals surface area contributed by atoms with Gasteiger partial charge in [0.2, 0.25) is 11.8 Å². The van der Waals surface area contributed by atoms with E-state index in [4.69, 9.17) is 9.47 Å². The number of nitrogens with one attached hydrogen (secondary N) is 2. The number of benzene rings is 2. The highest BCUT2D eigenvalue weighted by molar-refractivity contribution is 5.97. The Labute approximate surface area is 187 Å². The summed E-state index contributed by atoms with van der Waals surface area (Å²) in [7, 11) is 0. The maximum Gasteiger partial charge on any atom is 0.227 e. The molecule has 0 aliphatic heterocycles. The van der Waals surface area contributed by atoms with Crippen molar-refractivity contribution in [3.63, 3.8) is 0 Å². The molecule has 9 nitrogen and oxygen atoms in total. The second-order valence-electron chi connectivity index (χ2n) is 7.45. The molecule has 0 saturated carbocycles. The van der Waals surface area contributed by atoms with E-state index in [9.17, 15) is 9.59 Å².